The number of rotatable bonds is 9. The minimum absolute atomic E-state index is 0.0167. The number of hydrogen-bond acceptors (Lipinski definition) is 4. The molecule has 0 spiro atoms. The zero-order valence-corrected chi connectivity index (χ0v) is 19.8. The molecule has 1 unspecified atom stereocenters. The molecule has 2 amide bonds. The lowest BCUT2D eigenvalue weighted by molar-refractivity contribution is -0.139. The molecule has 0 fully saturated rings. The van der Waals surface area contributed by atoms with E-state index in [1.165, 1.54) is 5.56 Å². The van der Waals surface area contributed by atoms with Crippen molar-refractivity contribution in [3.8, 4) is 0 Å². The molecule has 0 saturated heterocycles. The average Bonchev–Trinajstić information content (AvgIpc) is 2.73. The van der Waals surface area contributed by atoms with Gasteiger partial charge in [-0.05, 0) is 36.6 Å². The third-order valence-corrected chi connectivity index (χ3v) is 5.62. The van der Waals surface area contributed by atoms with Crippen LogP contribution in [0.2, 0.25) is 0 Å². The molecule has 0 aliphatic carbocycles. The monoisotopic (exact) mass is 427 g/mol. The van der Waals surface area contributed by atoms with E-state index in [0.29, 0.717) is 24.4 Å². The summed E-state index contributed by atoms with van der Waals surface area (Å²) in [5.41, 5.74) is 3.23. The molecule has 0 saturated carbocycles. The maximum Gasteiger partial charge on any atom is 0.338 e. The molecule has 170 valence electrons. The van der Waals surface area contributed by atoms with Crippen molar-refractivity contribution >= 4 is 12.0 Å². The molecule has 1 N–H and O–H groups in total. The van der Waals surface area contributed by atoms with E-state index in [-0.39, 0.29) is 18.1 Å². The van der Waals surface area contributed by atoms with Gasteiger partial charge in [0.15, 0.2) is 0 Å². The van der Waals surface area contributed by atoms with E-state index in [9.17, 15) is 9.59 Å². The SMILES string of the molecule is C=CCN1C(=O)NC(c2ccc(C(C)(C)C)cc2)C(C(=O)OCC)=C1CN(CC)CC. The Labute approximate surface area is 186 Å². The molecule has 1 aliphatic rings. The highest BCUT2D eigenvalue weighted by Crippen LogP contribution is 2.33. The first-order valence-corrected chi connectivity index (χ1v) is 11.1. The number of esters is 1. The minimum Gasteiger partial charge on any atom is -0.463 e. The fourth-order valence-corrected chi connectivity index (χ4v) is 3.73. The van der Waals surface area contributed by atoms with Gasteiger partial charge in [-0.15, -0.1) is 6.58 Å². The number of carbonyl (C=O) groups is 2. The number of likely N-dealkylation sites (N-methyl/N-ethyl adjacent to an activating group) is 1. The molecule has 0 radical (unpaired) electrons. The smallest absolute Gasteiger partial charge is 0.338 e. The number of hydrogen-bond donors (Lipinski definition) is 1. The van der Waals surface area contributed by atoms with E-state index in [1.807, 2.05) is 12.1 Å². The topological polar surface area (TPSA) is 61.9 Å². The first-order valence-electron chi connectivity index (χ1n) is 11.1. The van der Waals surface area contributed by atoms with Gasteiger partial charge in [-0.2, -0.15) is 0 Å². The van der Waals surface area contributed by atoms with Crippen LogP contribution >= 0.6 is 0 Å². The number of ether oxygens (including phenoxy) is 1. The maximum absolute atomic E-state index is 13.1. The Hall–Kier alpha value is -2.60. The predicted molar refractivity (Wildman–Crippen MR) is 125 cm³/mol. The van der Waals surface area contributed by atoms with Gasteiger partial charge in [-0.1, -0.05) is 65.0 Å². The third kappa shape index (κ3) is 5.76. The quantitative estimate of drug-likeness (QED) is 0.469. The summed E-state index contributed by atoms with van der Waals surface area (Å²) < 4.78 is 5.43. The minimum atomic E-state index is -0.563. The molecule has 6 nitrogen and oxygen atoms in total. The van der Waals surface area contributed by atoms with E-state index >= 15 is 0 Å². The van der Waals surface area contributed by atoms with Crippen molar-refractivity contribution < 1.29 is 14.3 Å². The largest absolute Gasteiger partial charge is 0.463 e. The fraction of sp³-hybridized carbons (Fsp3) is 0.520. The normalized spacial score (nSPS) is 17.1. The molecule has 6 heteroatoms. The highest BCUT2D eigenvalue weighted by molar-refractivity contribution is 5.95. The van der Waals surface area contributed by atoms with Crippen molar-refractivity contribution in [3.05, 3.63) is 59.3 Å². The molecular formula is C25H37N3O3. The zero-order chi connectivity index (χ0) is 23.2. The van der Waals surface area contributed by atoms with Crippen molar-refractivity contribution in [1.82, 2.24) is 15.1 Å². The number of benzene rings is 1. The molecule has 2 rings (SSSR count). The average molecular weight is 428 g/mol. The molecule has 1 heterocycles. The Bertz CT molecular complexity index is 817. The van der Waals surface area contributed by atoms with E-state index in [0.717, 1.165) is 18.7 Å². The predicted octanol–water partition coefficient (Wildman–Crippen LogP) is 4.40. The van der Waals surface area contributed by atoms with Crippen LogP contribution in [0, 0.1) is 0 Å². The van der Waals surface area contributed by atoms with Crippen molar-refractivity contribution in [1.29, 1.82) is 0 Å². The summed E-state index contributed by atoms with van der Waals surface area (Å²) in [7, 11) is 0. The van der Waals surface area contributed by atoms with Crippen LogP contribution in [0.4, 0.5) is 4.79 Å². The lowest BCUT2D eigenvalue weighted by Gasteiger charge is -2.38. The second-order valence-electron chi connectivity index (χ2n) is 8.70. The van der Waals surface area contributed by atoms with Crippen LogP contribution in [0.15, 0.2) is 48.2 Å². The van der Waals surface area contributed by atoms with Crippen molar-refractivity contribution in [2.45, 2.75) is 53.0 Å². The van der Waals surface area contributed by atoms with Gasteiger partial charge in [-0.3, -0.25) is 9.80 Å². The van der Waals surface area contributed by atoms with Crippen LogP contribution in [0.5, 0.6) is 0 Å². The Morgan fingerprint density at radius 1 is 1.19 bits per heavy atom. The van der Waals surface area contributed by atoms with Crippen LogP contribution in [-0.2, 0) is 14.9 Å². The van der Waals surface area contributed by atoms with E-state index < -0.39 is 12.0 Å². The maximum atomic E-state index is 13.1. The lowest BCUT2D eigenvalue weighted by Crippen LogP contribution is -2.51. The van der Waals surface area contributed by atoms with E-state index in [1.54, 1.807) is 17.9 Å². The second-order valence-corrected chi connectivity index (χ2v) is 8.70. The van der Waals surface area contributed by atoms with Gasteiger partial charge in [0.2, 0.25) is 0 Å². The highest BCUT2D eigenvalue weighted by atomic mass is 16.5. The zero-order valence-electron chi connectivity index (χ0n) is 19.8. The summed E-state index contributed by atoms with van der Waals surface area (Å²) in [5, 5.41) is 3.02. The van der Waals surface area contributed by atoms with Crippen molar-refractivity contribution in [2.24, 2.45) is 0 Å². The van der Waals surface area contributed by atoms with Crippen LogP contribution in [0.3, 0.4) is 0 Å². The molecule has 31 heavy (non-hydrogen) atoms. The number of carbonyl (C=O) groups excluding carboxylic acids is 2. The molecule has 1 aromatic rings. The summed E-state index contributed by atoms with van der Waals surface area (Å²) >= 11 is 0. The Kier molecular flexibility index (Phi) is 8.45. The molecule has 1 aliphatic heterocycles. The van der Waals surface area contributed by atoms with Crippen LogP contribution in [0.25, 0.3) is 0 Å². The van der Waals surface area contributed by atoms with E-state index in [4.69, 9.17) is 4.74 Å². The Balaban J connectivity index is 2.64. The molecular weight excluding hydrogens is 390 g/mol. The number of urea groups is 1. The summed E-state index contributed by atoms with van der Waals surface area (Å²) in [6.45, 7) is 18.9. The van der Waals surface area contributed by atoms with Gasteiger partial charge in [0, 0.05) is 18.8 Å². The Morgan fingerprint density at radius 3 is 2.29 bits per heavy atom. The van der Waals surface area contributed by atoms with Gasteiger partial charge in [0.1, 0.15) is 0 Å². The van der Waals surface area contributed by atoms with Gasteiger partial charge in [-0.25, -0.2) is 9.59 Å². The molecule has 0 bridgehead atoms. The summed E-state index contributed by atoms with van der Waals surface area (Å²) in [6.07, 6.45) is 1.67. The first kappa shape index (κ1) is 24.7. The highest BCUT2D eigenvalue weighted by Gasteiger charge is 2.38. The van der Waals surface area contributed by atoms with Gasteiger partial charge in [0.25, 0.3) is 0 Å². The first-order chi connectivity index (χ1) is 14.7. The van der Waals surface area contributed by atoms with Crippen LogP contribution in [0.1, 0.15) is 58.7 Å². The van der Waals surface area contributed by atoms with Crippen LogP contribution < -0.4 is 5.32 Å². The third-order valence-electron chi connectivity index (χ3n) is 5.62. The van der Waals surface area contributed by atoms with Gasteiger partial charge in [0.05, 0.1) is 18.2 Å². The second kappa shape index (κ2) is 10.6. The van der Waals surface area contributed by atoms with E-state index in [2.05, 4.69) is 63.5 Å². The van der Waals surface area contributed by atoms with Crippen LogP contribution in [-0.4, -0.2) is 54.6 Å². The van der Waals surface area contributed by atoms with Crippen molar-refractivity contribution in [2.75, 3.05) is 32.8 Å². The lowest BCUT2D eigenvalue weighted by atomic mass is 9.85. The standard InChI is InChI=1S/C25H37N3O3/c1-8-16-28-20(17-27(9-2)10-3)21(23(29)31-11-4)22(26-24(28)30)18-12-14-19(15-13-18)25(5,6)7/h8,12-15,22H,1,9-11,16-17H2,2-7H3,(H,26,30). The molecule has 0 aromatic heterocycles. The summed E-state index contributed by atoms with van der Waals surface area (Å²) in [4.78, 5) is 30.0. The number of nitrogens with zero attached hydrogens (tertiary/aromatic N) is 2. The number of nitrogens with one attached hydrogen (secondary N) is 1. The summed E-state index contributed by atoms with van der Waals surface area (Å²) in [6, 6.07) is 7.30. The number of amides is 2. The molecule has 1 atom stereocenters. The van der Waals surface area contributed by atoms with Crippen molar-refractivity contribution in [3.63, 3.8) is 0 Å². The van der Waals surface area contributed by atoms with Gasteiger partial charge >= 0.3 is 12.0 Å². The van der Waals surface area contributed by atoms with Gasteiger partial charge < -0.3 is 10.1 Å². The molecule has 1 aromatic carbocycles. The Morgan fingerprint density at radius 2 is 1.81 bits per heavy atom. The fourth-order valence-electron chi connectivity index (χ4n) is 3.73. The summed E-state index contributed by atoms with van der Waals surface area (Å²) in [5.74, 6) is -0.399.